The first-order chi connectivity index (χ1) is 8.10. The zero-order valence-electron chi connectivity index (χ0n) is 10.6. The topological polar surface area (TPSA) is 64.3 Å². The highest BCUT2D eigenvalue weighted by atomic mass is 16.5. The number of rotatable bonds is 5. The van der Waals surface area contributed by atoms with Crippen LogP contribution in [0.2, 0.25) is 0 Å². The van der Waals surface area contributed by atoms with E-state index in [4.69, 9.17) is 10.5 Å². The molecule has 0 aromatic heterocycles. The normalized spacial score (nSPS) is 13.9. The van der Waals surface area contributed by atoms with Gasteiger partial charge in [0.1, 0.15) is 5.75 Å². The summed E-state index contributed by atoms with van der Waals surface area (Å²) in [5.74, 6) is 0.568. The Morgan fingerprint density at radius 2 is 2.06 bits per heavy atom. The van der Waals surface area contributed by atoms with Crippen LogP contribution in [0.1, 0.15) is 25.5 Å². The average molecular weight is 236 g/mol. The lowest BCUT2D eigenvalue weighted by Gasteiger charge is -2.19. The highest BCUT2D eigenvalue weighted by molar-refractivity contribution is 5.79. The van der Waals surface area contributed by atoms with E-state index in [2.05, 4.69) is 5.32 Å². The van der Waals surface area contributed by atoms with Crippen LogP contribution < -0.4 is 15.8 Å². The van der Waals surface area contributed by atoms with Gasteiger partial charge >= 0.3 is 0 Å². The molecule has 94 valence electrons. The average Bonchev–Trinajstić information content (AvgIpc) is 2.37. The summed E-state index contributed by atoms with van der Waals surface area (Å²) in [7, 11) is 1.62. The molecule has 0 bridgehead atoms. The number of ether oxygens (including phenoxy) is 1. The van der Waals surface area contributed by atoms with Crippen molar-refractivity contribution in [3.8, 4) is 5.75 Å². The molecular formula is C13H20N2O2. The quantitative estimate of drug-likeness (QED) is 0.813. The van der Waals surface area contributed by atoms with Crippen LogP contribution in [0.25, 0.3) is 0 Å². The Morgan fingerprint density at radius 3 is 2.65 bits per heavy atom. The fourth-order valence-electron chi connectivity index (χ4n) is 1.56. The third kappa shape index (κ3) is 3.46. The number of para-hydroxylation sites is 1. The fraction of sp³-hybridized carbons (Fsp3) is 0.462. The highest BCUT2D eigenvalue weighted by Gasteiger charge is 2.16. The Labute approximate surface area is 102 Å². The van der Waals surface area contributed by atoms with Crippen molar-refractivity contribution in [2.24, 2.45) is 11.7 Å². The maximum absolute atomic E-state index is 11.7. The second-order valence-corrected chi connectivity index (χ2v) is 4.11. The molecule has 0 spiro atoms. The molecule has 4 heteroatoms. The second kappa shape index (κ2) is 6.25. The number of hydrogen-bond acceptors (Lipinski definition) is 3. The number of carbonyl (C=O) groups is 1. The number of benzene rings is 1. The van der Waals surface area contributed by atoms with Crippen LogP contribution >= 0.6 is 0 Å². The van der Waals surface area contributed by atoms with E-state index >= 15 is 0 Å². The predicted octanol–water partition coefficient (Wildman–Crippen LogP) is 1.47. The van der Waals surface area contributed by atoms with Gasteiger partial charge in [-0.2, -0.15) is 0 Å². The van der Waals surface area contributed by atoms with E-state index in [9.17, 15) is 4.79 Å². The largest absolute Gasteiger partial charge is 0.496 e. The summed E-state index contributed by atoms with van der Waals surface area (Å²) in [6, 6.07) is 7.56. The minimum Gasteiger partial charge on any atom is -0.496 e. The standard InChI is InChI=1S/C13H20N2O2/c1-9(8-14)13(16)15-10(2)11-6-4-5-7-12(11)17-3/h4-7,9-10H,8,14H2,1-3H3,(H,15,16)/t9?,10-/m0/s1. The molecule has 1 rings (SSSR count). The Balaban J connectivity index is 2.76. The van der Waals surface area contributed by atoms with Crippen LogP contribution in [0.4, 0.5) is 0 Å². The Bertz CT molecular complexity index is 379. The molecule has 0 aliphatic carbocycles. The first-order valence-electron chi connectivity index (χ1n) is 5.73. The van der Waals surface area contributed by atoms with Crippen molar-refractivity contribution < 1.29 is 9.53 Å². The summed E-state index contributed by atoms with van der Waals surface area (Å²) < 4.78 is 5.26. The molecular weight excluding hydrogens is 216 g/mol. The molecule has 17 heavy (non-hydrogen) atoms. The molecule has 1 amide bonds. The van der Waals surface area contributed by atoms with Gasteiger partial charge in [0, 0.05) is 18.0 Å². The SMILES string of the molecule is COc1ccccc1[C@H](C)NC(=O)C(C)CN. The van der Waals surface area contributed by atoms with Crippen molar-refractivity contribution in [1.29, 1.82) is 0 Å². The molecule has 1 aromatic carbocycles. The molecule has 3 N–H and O–H groups in total. The fourth-order valence-corrected chi connectivity index (χ4v) is 1.56. The van der Waals surface area contributed by atoms with E-state index in [1.165, 1.54) is 0 Å². The van der Waals surface area contributed by atoms with Crippen molar-refractivity contribution in [2.75, 3.05) is 13.7 Å². The molecule has 2 atom stereocenters. The molecule has 0 fully saturated rings. The van der Waals surface area contributed by atoms with Crippen molar-refractivity contribution >= 4 is 5.91 Å². The molecule has 0 radical (unpaired) electrons. The van der Waals surface area contributed by atoms with E-state index in [0.29, 0.717) is 6.54 Å². The predicted molar refractivity (Wildman–Crippen MR) is 67.8 cm³/mol. The van der Waals surface area contributed by atoms with Gasteiger partial charge in [-0.25, -0.2) is 0 Å². The third-order valence-electron chi connectivity index (χ3n) is 2.77. The van der Waals surface area contributed by atoms with Gasteiger partial charge in [-0.1, -0.05) is 25.1 Å². The minimum atomic E-state index is -0.174. The Morgan fingerprint density at radius 1 is 1.41 bits per heavy atom. The summed E-state index contributed by atoms with van der Waals surface area (Å²) >= 11 is 0. The van der Waals surface area contributed by atoms with Crippen molar-refractivity contribution in [3.63, 3.8) is 0 Å². The number of methoxy groups -OCH3 is 1. The Kier molecular flexibility index (Phi) is 4.97. The molecule has 4 nitrogen and oxygen atoms in total. The molecule has 0 heterocycles. The maximum atomic E-state index is 11.7. The van der Waals surface area contributed by atoms with Gasteiger partial charge in [-0.15, -0.1) is 0 Å². The molecule has 0 aliphatic rings. The minimum absolute atomic E-state index is 0.0362. The monoisotopic (exact) mass is 236 g/mol. The van der Waals surface area contributed by atoms with Crippen molar-refractivity contribution in [2.45, 2.75) is 19.9 Å². The first-order valence-corrected chi connectivity index (χ1v) is 5.73. The van der Waals surface area contributed by atoms with Crippen LogP contribution in [-0.2, 0) is 4.79 Å². The molecule has 0 aliphatic heterocycles. The van der Waals surface area contributed by atoms with Crippen LogP contribution in [0.5, 0.6) is 5.75 Å². The first kappa shape index (κ1) is 13.5. The zero-order chi connectivity index (χ0) is 12.8. The molecule has 1 unspecified atom stereocenters. The van der Waals surface area contributed by atoms with Crippen molar-refractivity contribution in [3.05, 3.63) is 29.8 Å². The Hall–Kier alpha value is -1.55. The zero-order valence-corrected chi connectivity index (χ0v) is 10.6. The van der Waals surface area contributed by atoms with Gasteiger partial charge in [0.05, 0.1) is 13.2 Å². The molecule has 1 aromatic rings. The number of amides is 1. The van der Waals surface area contributed by atoms with E-state index in [0.717, 1.165) is 11.3 Å². The lowest BCUT2D eigenvalue weighted by atomic mass is 10.1. The number of hydrogen-bond donors (Lipinski definition) is 2. The van der Waals surface area contributed by atoms with Crippen molar-refractivity contribution in [1.82, 2.24) is 5.32 Å². The van der Waals surface area contributed by atoms with Crippen LogP contribution in [-0.4, -0.2) is 19.6 Å². The van der Waals surface area contributed by atoms with Crippen LogP contribution in [0, 0.1) is 5.92 Å². The van der Waals surface area contributed by atoms with Gasteiger partial charge in [0.25, 0.3) is 0 Å². The molecule has 0 saturated carbocycles. The lowest BCUT2D eigenvalue weighted by molar-refractivity contribution is -0.124. The highest BCUT2D eigenvalue weighted by Crippen LogP contribution is 2.24. The summed E-state index contributed by atoms with van der Waals surface area (Å²) in [4.78, 5) is 11.7. The maximum Gasteiger partial charge on any atom is 0.224 e. The van der Waals surface area contributed by atoms with Crippen LogP contribution in [0.15, 0.2) is 24.3 Å². The van der Waals surface area contributed by atoms with E-state index < -0.39 is 0 Å². The summed E-state index contributed by atoms with van der Waals surface area (Å²) in [6.07, 6.45) is 0. The van der Waals surface area contributed by atoms with Gasteiger partial charge in [0.2, 0.25) is 5.91 Å². The van der Waals surface area contributed by atoms with Crippen LogP contribution in [0.3, 0.4) is 0 Å². The van der Waals surface area contributed by atoms with Gasteiger partial charge < -0.3 is 15.8 Å². The van der Waals surface area contributed by atoms with Gasteiger partial charge in [-0.3, -0.25) is 4.79 Å². The lowest BCUT2D eigenvalue weighted by Crippen LogP contribution is -2.35. The number of nitrogens with two attached hydrogens (primary N) is 1. The van der Waals surface area contributed by atoms with E-state index in [1.807, 2.05) is 38.1 Å². The summed E-state index contributed by atoms with van der Waals surface area (Å²) in [5, 5.41) is 2.92. The van der Waals surface area contributed by atoms with Gasteiger partial charge in [-0.05, 0) is 13.0 Å². The molecule has 0 saturated heterocycles. The number of carbonyl (C=O) groups excluding carboxylic acids is 1. The summed E-state index contributed by atoms with van der Waals surface area (Å²) in [5.41, 5.74) is 6.42. The third-order valence-corrected chi connectivity index (χ3v) is 2.77. The summed E-state index contributed by atoms with van der Waals surface area (Å²) in [6.45, 7) is 4.09. The smallest absolute Gasteiger partial charge is 0.224 e. The van der Waals surface area contributed by atoms with E-state index in [-0.39, 0.29) is 17.9 Å². The second-order valence-electron chi connectivity index (χ2n) is 4.11. The van der Waals surface area contributed by atoms with Gasteiger partial charge in [0.15, 0.2) is 0 Å². The number of nitrogens with one attached hydrogen (secondary N) is 1. The van der Waals surface area contributed by atoms with E-state index in [1.54, 1.807) is 7.11 Å².